The standard InChI is InChI=1S/C39H42Cl3N3O5/c1-9-28(36(48)50-38(6,7)8)44-39(16-11-17-39)34-33(25(20-43-34)32-26(41)18-24(40)19-27(32)42)35(47)45-21-22(2)31-23(12-10-13-29(31)45)14-15-30(46)49-37(3,4)5/h9-10,12-15,18-21,28,43-44H,1,11,16-17H2,2-8H3/b15-14+. The van der Waals surface area contributed by atoms with Gasteiger partial charge in [-0.25, -0.2) is 9.59 Å². The van der Waals surface area contributed by atoms with Gasteiger partial charge in [-0.05, 0) is 103 Å². The number of nitrogens with zero attached hydrogens (tertiary/aromatic N) is 1. The van der Waals surface area contributed by atoms with Crippen molar-refractivity contribution in [1.29, 1.82) is 0 Å². The molecule has 2 heterocycles. The Kier molecular flexibility index (Phi) is 10.5. The lowest BCUT2D eigenvalue weighted by Gasteiger charge is -2.44. The summed E-state index contributed by atoms with van der Waals surface area (Å²) in [5.41, 5.74) is 1.92. The van der Waals surface area contributed by atoms with Gasteiger partial charge in [-0.2, -0.15) is 0 Å². The summed E-state index contributed by atoms with van der Waals surface area (Å²) < 4.78 is 12.7. The minimum atomic E-state index is -0.846. The highest BCUT2D eigenvalue weighted by Gasteiger charge is 2.46. The Morgan fingerprint density at radius 2 is 1.66 bits per heavy atom. The SMILES string of the molecule is C=CC(NC1(c2[nH]cc(-c3c(Cl)cc(Cl)cc3Cl)c2C(=O)n2cc(C)c3c(/C=C/C(=O)OC(C)(C)C)cccc32)CCC1)C(=O)OC(C)(C)C. The molecule has 5 rings (SSSR count). The van der Waals surface area contributed by atoms with Crippen LogP contribution >= 0.6 is 34.8 Å². The molecule has 2 aromatic heterocycles. The zero-order valence-corrected chi connectivity index (χ0v) is 31.6. The van der Waals surface area contributed by atoms with E-state index in [4.69, 9.17) is 44.3 Å². The average molecular weight is 739 g/mol. The molecule has 8 nitrogen and oxygen atoms in total. The van der Waals surface area contributed by atoms with Crippen LogP contribution in [0.1, 0.15) is 88.0 Å². The number of benzene rings is 2. The molecule has 11 heteroatoms. The minimum absolute atomic E-state index is 0.276. The third-order valence-corrected chi connectivity index (χ3v) is 9.27. The second kappa shape index (κ2) is 14.1. The van der Waals surface area contributed by atoms with E-state index in [2.05, 4.69) is 16.9 Å². The number of hydrogen-bond acceptors (Lipinski definition) is 6. The maximum absolute atomic E-state index is 15.0. The van der Waals surface area contributed by atoms with Crippen LogP contribution in [0.4, 0.5) is 0 Å². The normalized spacial score (nSPS) is 15.2. The molecule has 4 aromatic rings. The van der Waals surface area contributed by atoms with Crippen molar-refractivity contribution in [2.45, 2.75) is 90.5 Å². The number of rotatable bonds is 9. The average Bonchev–Trinajstić information content (AvgIpc) is 3.55. The number of nitrogens with one attached hydrogen (secondary N) is 2. The largest absolute Gasteiger partial charge is 0.459 e. The molecule has 1 aliphatic rings. The van der Waals surface area contributed by atoms with E-state index in [9.17, 15) is 9.59 Å². The summed E-state index contributed by atoms with van der Waals surface area (Å²) in [6.45, 7) is 16.6. The zero-order chi connectivity index (χ0) is 36.8. The number of H-pyrrole nitrogens is 1. The van der Waals surface area contributed by atoms with Crippen LogP contribution in [0.25, 0.3) is 28.1 Å². The van der Waals surface area contributed by atoms with E-state index in [1.54, 1.807) is 55.9 Å². The smallest absolute Gasteiger partial charge is 0.331 e. The molecule has 0 bridgehead atoms. The number of carbonyl (C=O) groups excluding carboxylic acids is 3. The molecule has 1 unspecified atom stereocenters. The van der Waals surface area contributed by atoms with Crippen LogP contribution in [-0.2, 0) is 24.6 Å². The number of esters is 2. The van der Waals surface area contributed by atoms with Crippen LogP contribution in [0, 0.1) is 6.92 Å². The molecule has 2 aromatic carbocycles. The van der Waals surface area contributed by atoms with Gasteiger partial charge in [0, 0.05) is 45.7 Å². The van der Waals surface area contributed by atoms with Gasteiger partial charge in [0.1, 0.15) is 17.2 Å². The number of aryl methyl sites for hydroxylation is 1. The summed E-state index contributed by atoms with van der Waals surface area (Å²) in [6.07, 6.45) is 10.2. The summed E-state index contributed by atoms with van der Waals surface area (Å²) in [7, 11) is 0. The van der Waals surface area contributed by atoms with Crippen LogP contribution in [0.5, 0.6) is 0 Å². The lowest BCUT2D eigenvalue weighted by Crippen LogP contribution is -2.56. The van der Waals surface area contributed by atoms with Crippen molar-refractivity contribution in [3.63, 3.8) is 0 Å². The van der Waals surface area contributed by atoms with Crippen LogP contribution < -0.4 is 5.32 Å². The molecular weight excluding hydrogens is 697 g/mol. The second-order valence-electron chi connectivity index (χ2n) is 14.6. The summed E-state index contributed by atoms with van der Waals surface area (Å²) in [5.74, 6) is -1.28. The fourth-order valence-corrected chi connectivity index (χ4v) is 7.35. The maximum atomic E-state index is 15.0. The molecule has 1 saturated carbocycles. The number of fused-ring (bicyclic) bond motifs is 1. The first-order valence-electron chi connectivity index (χ1n) is 16.4. The van der Waals surface area contributed by atoms with E-state index >= 15 is 4.79 Å². The van der Waals surface area contributed by atoms with Crippen molar-refractivity contribution in [2.75, 3.05) is 0 Å². The predicted molar refractivity (Wildman–Crippen MR) is 201 cm³/mol. The van der Waals surface area contributed by atoms with Gasteiger partial charge < -0.3 is 14.5 Å². The summed E-state index contributed by atoms with van der Waals surface area (Å²) in [6, 6.07) is 7.88. The molecule has 0 spiro atoms. The van der Waals surface area contributed by atoms with Crippen molar-refractivity contribution in [1.82, 2.24) is 14.9 Å². The number of halogens is 3. The van der Waals surface area contributed by atoms with Gasteiger partial charge in [0.25, 0.3) is 5.91 Å². The van der Waals surface area contributed by atoms with Crippen molar-refractivity contribution in [2.24, 2.45) is 0 Å². The van der Waals surface area contributed by atoms with Crippen LogP contribution in [0.15, 0.2) is 61.5 Å². The van der Waals surface area contributed by atoms with Gasteiger partial charge in [-0.15, -0.1) is 6.58 Å². The number of ether oxygens (including phenoxy) is 2. The van der Waals surface area contributed by atoms with Crippen LogP contribution in [0.3, 0.4) is 0 Å². The molecule has 0 radical (unpaired) electrons. The van der Waals surface area contributed by atoms with Crippen molar-refractivity contribution in [3.05, 3.63) is 98.9 Å². The van der Waals surface area contributed by atoms with Gasteiger partial charge in [0.2, 0.25) is 0 Å². The lowest BCUT2D eigenvalue weighted by atomic mass is 9.72. The highest BCUT2D eigenvalue weighted by Crippen LogP contribution is 2.47. The summed E-state index contributed by atoms with van der Waals surface area (Å²) in [4.78, 5) is 44.2. The first-order chi connectivity index (χ1) is 23.3. The first-order valence-corrected chi connectivity index (χ1v) is 17.5. The summed E-state index contributed by atoms with van der Waals surface area (Å²) >= 11 is 19.8. The number of carbonyl (C=O) groups is 3. The topological polar surface area (TPSA) is 102 Å². The zero-order valence-electron chi connectivity index (χ0n) is 29.3. The third-order valence-electron chi connectivity index (χ3n) is 8.46. The van der Waals surface area contributed by atoms with E-state index in [0.717, 1.165) is 22.9 Å². The fraction of sp³-hybridized carbons (Fsp3) is 0.359. The van der Waals surface area contributed by atoms with Crippen LogP contribution in [-0.4, -0.2) is 44.6 Å². The monoisotopic (exact) mass is 737 g/mol. The Labute approximate surface area is 307 Å². The maximum Gasteiger partial charge on any atom is 0.331 e. The highest BCUT2D eigenvalue weighted by atomic mass is 35.5. The van der Waals surface area contributed by atoms with Crippen molar-refractivity contribution in [3.8, 4) is 11.1 Å². The molecule has 50 heavy (non-hydrogen) atoms. The molecular formula is C39H42Cl3N3O5. The van der Waals surface area contributed by atoms with E-state index in [1.807, 2.05) is 45.9 Å². The van der Waals surface area contributed by atoms with Crippen molar-refractivity contribution >= 4 is 69.6 Å². The number of hydrogen-bond donors (Lipinski definition) is 2. The quantitative estimate of drug-likeness (QED) is 0.101. The van der Waals surface area contributed by atoms with E-state index < -0.39 is 34.7 Å². The van der Waals surface area contributed by atoms with E-state index in [0.29, 0.717) is 45.8 Å². The number of aromatic nitrogens is 2. The molecule has 1 aliphatic carbocycles. The minimum Gasteiger partial charge on any atom is -0.459 e. The lowest BCUT2D eigenvalue weighted by molar-refractivity contribution is -0.157. The van der Waals surface area contributed by atoms with E-state index in [1.165, 1.54) is 12.2 Å². The summed E-state index contributed by atoms with van der Waals surface area (Å²) in [5, 5.41) is 5.18. The Bertz CT molecular complexity index is 2000. The van der Waals surface area contributed by atoms with Gasteiger partial charge in [-0.1, -0.05) is 53.0 Å². The number of aromatic amines is 1. The van der Waals surface area contributed by atoms with Gasteiger partial charge in [-0.3, -0.25) is 14.7 Å². The Hall–Kier alpha value is -3.82. The fourth-order valence-electron chi connectivity index (χ4n) is 6.33. The highest BCUT2D eigenvalue weighted by molar-refractivity contribution is 6.42. The Morgan fingerprint density at radius 3 is 2.22 bits per heavy atom. The van der Waals surface area contributed by atoms with Gasteiger partial charge in [0.05, 0.1) is 26.7 Å². The third kappa shape index (κ3) is 7.74. The first kappa shape index (κ1) is 37.4. The van der Waals surface area contributed by atoms with Gasteiger partial charge >= 0.3 is 11.9 Å². The molecule has 0 aliphatic heterocycles. The van der Waals surface area contributed by atoms with Gasteiger partial charge in [0.15, 0.2) is 0 Å². The van der Waals surface area contributed by atoms with E-state index in [-0.39, 0.29) is 16.0 Å². The Morgan fingerprint density at radius 1 is 1.02 bits per heavy atom. The molecule has 1 fully saturated rings. The molecule has 0 amide bonds. The van der Waals surface area contributed by atoms with Crippen LogP contribution in [0.2, 0.25) is 15.1 Å². The Balaban J connectivity index is 1.67. The molecule has 1 atom stereocenters. The van der Waals surface area contributed by atoms with Crippen molar-refractivity contribution < 1.29 is 23.9 Å². The molecule has 0 saturated heterocycles. The second-order valence-corrected chi connectivity index (χ2v) is 15.9. The molecule has 2 N–H and O–H groups in total. The predicted octanol–water partition coefficient (Wildman–Crippen LogP) is 9.81. The molecule has 264 valence electrons.